The molecule has 0 atom stereocenters. The van der Waals surface area contributed by atoms with Gasteiger partial charge in [0.1, 0.15) is 0 Å². The van der Waals surface area contributed by atoms with E-state index in [4.69, 9.17) is 0 Å². The Labute approximate surface area is 124 Å². The molecule has 0 saturated carbocycles. The first kappa shape index (κ1) is 15.4. The van der Waals surface area contributed by atoms with Crippen LogP contribution in [0.5, 0.6) is 0 Å². The number of nitrogens with zero attached hydrogens (tertiary/aromatic N) is 1. The summed E-state index contributed by atoms with van der Waals surface area (Å²) in [6.45, 7) is 7.90. The van der Waals surface area contributed by atoms with Gasteiger partial charge >= 0.3 is 0 Å². The Morgan fingerprint density at radius 3 is 2.52 bits per heavy atom. The van der Waals surface area contributed by atoms with Crippen LogP contribution in [-0.4, -0.2) is 21.8 Å². The number of hydrogen-bond acceptors (Lipinski definition) is 4. The highest BCUT2D eigenvalue weighted by molar-refractivity contribution is 6.03. The molecule has 0 bridgehead atoms. The molecule has 0 aliphatic carbocycles. The van der Waals surface area contributed by atoms with Crippen LogP contribution < -0.4 is 5.32 Å². The van der Waals surface area contributed by atoms with Crippen LogP contribution in [0.1, 0.15) is 39.7 Å². The molecule has 5 heteroatoms. The maximum absolute atomic E-state index is 12.4. The molecule has 0 radical (unpaired) electrons. The van der Waals surface area contributed by atoms with Gasteiger partial charge in [-0.05, 0) is 39.3 Å². The first-order chi connectivity index (χ1) is 9.61. The molecule has 112 valence electrons. The predicted molar refractivity (Wildman–Crippen MR) is 82.0 cm³/mol. The minimum atomic E-state index is -0.469. The first-order valence-electron chi connectivity index (χ1n) is 6.90. The largest absolute Gasteiger partial charge is 0.302 e. The Balaban J connectivity index is 2.42. The molecule has 0 spiro atoms. The number of ketones is 1. The smallest absolute Gasteiger partial charge is 0.270 e. The van der Waals surface area contributed by atoms with Crippen molar-refractivity contribution in [3.63, 3.8) is 0 Å². The van der Waals surface area contributed by atoms with Crippen molar-refractivity contribution in [2.24, 2.45) is 0 Å². The second-order valence-electron chi connectivity index (χ2n) is 6.64. The summed E-state index contributed by atoms with van der Waals surface area (Å²) in [6, 6.07) is 6.32. The summed E-state index contributed by atoms with van der Waals surface area (Å²) in [5.41, 5.74) is 0.632. The van der Waals surface area contributed by atoms with Crippen molar-refractivity contribution in [1.29, 1.82) is 0 Å². The molecule has 1 aromatic carbocycles. The van der Waals surface area contributed by atoms with Crippen LogP contribution in [0, 0.1) is 10.1 Å². The number of rotatable bonds is 2. The van der Waals surface area contributed by atoms with Crippen molar-refractivity contribution >= 4 is 17.5 Å². The highest BCUT2D eigenvalue weighted by Crippen LogP contribution is 2.32. The molecular weight excluding hydrogens is 268 g/mol. The van der Waals surface area contributed by atoms with Gasteiger partial charge < -0.3 is 5.32 Å². The van der Waals surface area contributed by atoms with Crippen molar-refractivity contribution in [2.45, 2.75) is 45.2 Å². The lowest BCUT2D eigenvalue weighted by atomic mass is 9.77. The second-order valence-corrected chi connectivity index (χ2v) is 6.64. The van der Waals surface area contributed by atoms with E-state index in [0.29, 0.717) is 17.6 Å². The third-order valence-corrected chi connectivity index (χ3v) is 3.62. The van der Waals surface area contributed by atoms with Gasteiger partial charge in [0.15, 0.2) is 5.78 Å². The SMILES string of the molecule is CC1(C)CC(=O)C(=Cc2cccc([N+](=O)[O-])c2)C(C)(C)N1. The fourth-order valence-electron chi connectivity index (χ4n) is 2.96. The standard InChI is InChI=1S/C16H20N2O3/c1-15(2)10-14(19)13(16(3,4)17-15)9-11-6-5-7-12(8-11)18(20)21/h5-9,17H,10H2,1-4H3. The van der Waals surface area contributed by atoms with Crippen LogP contribution in [0.15, 0.2) is 29.8 Å². The van der Waals surface area contributed by atoms with Gasteiger partial charge in [-0.15, -0.1) is 0 Å². The maximum Gasteiger partial charge on any atom is 0.270 e. The van der Waals surface area contributed by atoms with Gasteiger partial charge in [0.2, 0.25) is 0 Å². The van der Waals surface area contributed by atoms with Crippen molar-refractivity contribution in [3.8, 4) is 0 Å². The fourth-order valence-corrected chi connectivity index (χ4v) is 2.96. The Morgan fingerprint density at radius 1 is 1.29 bits per heavy atom. The summed E-state index contributed by atoms with van der Waals surface area (Å²) >= 11 is 0. The van der Waals surface area contributed by atoms with Crippen LogP contribution in [0.3, 0.4) is 0 Å². The van der Waals surface area contributed by atoms with E-state index in [-0.39, 0.29) is 17.0 Å². The fraction of sp³-hybridized carbons (Fsp3) is 0.438. The number of nitrogens with one attached hydrogen (secondary N) is 1. The summed E-state index contributed by atoms with van der Waals surface area (Å²) in [7, 11) is 0. The quantitative estimate of drug-likeness (QED) is 0.515. The summed E-state index contributed by atoms with van der Waals surface area (Å²) < 4.78 is 0. The monoisotopic (exact) mass is 288 g/mol. The number of nitro benzene ring substituents is 1. The zero-order chi connectivity index (χ0) is 15.8. The maximum atomic E-state index is 12.4. The molecule has 2 rings (SSSR count). The number of Topliss-reactive ketones (excluding diaryl/α,β-unsaturated/α-hetero) is 1. The van der Waals surface area contributed by atoms with E-state index in [9.17, 15) is 14.9 Å². The first-order valence-corrected chi connectivity index (χ1v) is 6.90. The van der Waals surface area contributed by atoms with E-state index in [1.807, 2.05) is 27.7 Å². The third kappa shape index (κ3) is 3.36. The van der Waals surface area contributed by atoms with Crippen LogP contribution >= 0.6 is 0 Å². The lowest BCUT2D eigenvalue weighted by Gasteiger charge is -2.43. The minimum absolute atomic E-state index is 0.0266. The average Bonchev–Trinajstić information content (AvgIpc) is 2.32. The molecule has 1 aliphatic heterocycles. The van der Waals surface area contributed by atoms with E-state index in [1.165, 1.54) is 12.1 Å². The number of hydrogen-bond donors (Lipinski definition) is 1. The van der Waals surface area contributed by atoms with Crippen LogP contribution in [0.2, 0.25) is 0 Å². The highest BCUT2D eigenvalue weighted by atomic mass is 16.6. The zero-order valence-corrected chi connectivity index (χ0v) is 12.8. The van der Waals surface area contributed by atoms with Crippen molar-refractivity contribution < 1.29 is 9.72 Å². The number of nitro groups is 1. The minimum Gasteiger partial charge on any atom is -0.302 e. The second kappa shape index (κ2) is 5.07. The number of carbonyl (C=O) groups is 1. The molecule has 1 aliphatic rings. The van der Waals surface area contributed by atoms with Crippen LogP contribution in [0.25, 0.3) is 6.08 Å². The summed E-state index contributed by atoms with van der Waals surface area (Å²) in [5, 5.41) is 14.3. The number of benzene rings is 1. The number of non-ortho nitro benzene ring substituents is 1. The molecule has 1 aromatic rings. The van der Waals surface area contributed by atoms with E-state index < -0.39 is 10.5 Å². The van der Waals surface area contributed by atoms with Gasteiger partial charge in [0.25, 0.3) is 5.69 Å². The molecule has 1 heterocycles. The van der Waals surface area contributed by atoms with Gasteiger partial charge in [0, 0.05) is 35.2 Å². The Kier molecular flexibility index (Phi) is 3.72. The Morgan fingerprint density at radius 2 is 1.95 bits per heavy atom. The summed E-state index contributed by atoms with van der Waals surface area (Å²) in [4.78, 5) is 22.8. The van der Waals surface area contributed by atoms with Crippen molar-refractivity contribution in [1.82, 2.24) is 5.32 Å². The number of carbonyl (C=O) groups excluding carboxylic acids is 1. The van der Waals surface area contributed by atoms with Gasteiger partial charge in [-0.1, -0.05) is 12.1 Å². The van der Waals surface area contributed by atoms with E-state index in [1.54, 1.807) is 18.2 Å². The summed E-state index contributed by atoms with van der Waals surface area (Å²) in [6.07, 6.45) is 2.16. The highest BCUT2D eigenvalue weighted by Gasteiger charge is 2.40. The summed E-state index contributed by atoms with van der Waals surface area (Å²) in [5.74, 6) is 0.0789. The van der Waals surface area contributed by atoms with Gasteiger partial charge in [-0.25, -0.2) is 0 Å². The molecule has 5 nitrogen and oxygen atoms in total. The van der Waals surface area contributed by atoms with Crippen molar-refractivity contribution in [2.75, 3.05) is 0 Å². The van der Waals surface area contributed by atoms with Gasteiger partial charge in [-0.2, -0.15) is 0 Å². The normalized spacial score (nSPS) is 22.3. The van der Waals surface area contributed by atoms with Crippen LogP contribution in [-0.2, 0) is 4.79 Å². The average molecular weight is 288 g/mol. The topological polar surface area (TPSA) is 72.2 Å². The van der Waals surface area contributed by atoms with E-state index in [2.05, 4.69) is 5.32 Å². The third-order valence-electron chi connectivity index (χ3n) is 3.62. The van der Waals surface area contributed by atoms with E-state index in [0.717, 1.165) is 0 Å². The van der Waals surface area contributed by atoms with Crippen LogP contribution in [0.4, 0.5) is 5.69 Å². The zero-order valence-electron chi connectivity index (χ0n) is 12.8. The van der Waals surface area contributed by atoms with E-state index >= 15 is 0 Å². The molecule has 21 heavy (non-hydrogen) atoms. The molecule has 1 fully saturated rings. The molecule has 0 unspecified atom stereocenters. The number of piperidine rings is 1. The van der Waals surface area contributed by atoms with Gasteiger partial charge in [-0.3, -0.25) is 14.9 Å². The molecule has 1 N–H and O–H groups in total. The lowest BCUT2D eigenvalue weighted by molar-refractivity contribution is -0.384. The molecule has 1 saturated heterocycles. The molecule has 0 aromatic heterocycles. The Bertz CT molecular complexity index is 630. The molecule has 0 amide bonds. The van der Waals surface area contributed by atoms with Gasteiger partial charge in [0.05, 0.1) is 4.92 Å². The Hall–Kier alpha value is -2.01. The predicted octanol–water partition coefficient (Wildman–Crippen LogP) is 3.10. The lowest BCUT2D eigenvalue weighted by Crippen LogP contribution is -2.59. The molecular formula is C16H20N2O3. The van der Waals surface area contributed by atoms with Crippen molar-refractivity contribution in [3.05, 3.63) is 45.5 Å².